The molecule has 6 heteroatoms. The number of nitrogens with zero attached hydrogens (tertiary/aromatic N) is 3. The van der Waals surface area contributed by atoms with Gasteiger partial charge in [0.1, 0.15) is 0 Å². The van der Waals surface area contributed by atoms with E-state index in [1.165, 1.54) is 6.42 Å². The first-order valence-corrected chi connectivity index (χ1v) is 9.60. The van der Waals surface area contributed by atoms with Gasteiger partial charge >= 0.3 is 0 Å². The van der Waals surface area contributed by atoms with Crippen molar-refractivity contribution >= 4 is 17.2 Å². The quantitative estimate of drug-likeness (QED) is 0.930. The molecule has 0 bridgehead atoms. The number of piperidine rings is 1. The molecule has 0 radical (unpaired) electrons. The molecule has 2 aromatic heterocycles. The second-order valence-electron chi connectivity index (χ2n) is 7.02. The van der Waals surface area contributed by atoms with E-state index in [2.05, 4.69) is 4.98 Å². The van der Waals surface area contributed by atoms with Crippen LogP contribution in [0.2, 0.25) is 0 Å². The first kappa shape index (κ1) is 15.8. The molecule has 0 spiro atoms. The Kier molecular flexibility index (Phi) is 4.18. The minimum atomic E-state index is -0.531. The summed E-state index contributed by atoms with van der Waals surface area (Å²) in [7, 11) is 0. The molecule has 1 N–H and O–H groups in total. The third kappa shape index (κ3) is 3.00. The standard InChI is InChI=1S/C18H23N3O2S/c22-16(11-15-13-24-17(19-15)20-8-3-4-9-20)21-10-7-18(23)6-2-1-5-14(18)12-21/h3-4,8-9,13-14,23H,1-2,5-7,10-12H2/t14-,18+/m1/s1. The van der Waals surface area contributed by atoms with Crippen LogP contribution in [-0.4, -0.2) is 44.2 Å². The summed E-state index contributed by atoms with van der Waals surface area (Å²) in [6.45, 7) is 1.37. The summed E-state index contributed by atoms with van der Waals surface area (Å²) in [5.74, 6) is 0.377. The van der Waals surface area contributed by atoms with E-state index in [0.717, 1.165) is 36.5 Å². The lowest BCUT2D eigenvalue weighted by Crippen LogP contribution is -2.54. The van der Waals surface area contributed by atoms with Crippen LogP contribution in [0.25, 0.3) is 5.13 Å². The summed E-state index contributed by atoms with van der Waals surface area (Å²) < 4.78 is 1.96. The monoisotopic (exact) mass is 345 g/mol. The Bertz CT molecular complexity index is 712. The average molecular weight is 345 g/mol. The maximum absolute atomic E-state index is 12.6. The molecule has 128 valence electrons. The molecule has 2 atom stereocenters. The number of fused-ring (bicyclic) bond motifs is 1. The molecular weight excluding hydrogens is 322 g/mol. The minimum Gasteiger partial charge on any atom is -0.389 e. The van der Waals surface area contributed by atoms with Crippen molar-refractivity contribution in [3.63, 3.8) is 0 Å². The first-order chi connectivity index (χ1) is 11.6. The molecule has 2 aliphatic rings. The molecule has 1 aliphatic carbocycles. The maximum Gasteiger partial charge on any atom is 0.228 e. The van der Waals surface area contributed by atoms with Crippen molar-refractivity contribution in [2.75, 3.05) is 13.1 Å². The molecular formula is C18H23N3O2S. The Labute approximate surface area is 145 Å². The van der Waals surface area contributed by atoms with Crippen molar-refractivity contribution in [3.05, 3.63) is 35.6 Å². The van der Waals surface area contributed by atoms with Gasteiger partial charge in [-0.25, -0.2) is 4.98 Å². The van der Waals surface area contributed by atoms with Crippen molar-refractivity contribution in [2.45, 2.75) is 44.1 Å². The lowest BCUT2D eigenvalue weighted by Gasteiger charge is -2.47. The summed E-state index contributed by atoms with van der Waals surface area (Å²) in [6.07, 6.45) is 9.19. The van der Waals surface area contributed by atoms with Crippen LogP contribution >= 0.6 is 11.3 Å². The second kappa shape index (κ2) is 6.33. The molecule has 1 amide bonds. The Balaban J connectivity index is 1.40. The molecule has 1 saturated carbocycles. The van der Waals surface area contributed by atoms with Gasteiger partial charge < -0.3 is 14.6 Å². The lowest BCUT2D eigenvalue weighted by molar-refractivity contribution is -0.142. The fraction of sp³-hybridized carbons (Fsp3) is 0.556. The molecule has 4 rings (SSSR count). The summed E-state index contributed by atoms with van der Waals surface area (Å²) >= 11 is 1.55. The average Bonchev–Trinajstić information content (AvgIpc) is 3.25. The predicted molar refractivity (Wildman–Crippen MR) is 93.2 cm³/mol. The van der Waals surface area contributed by atoms with E-state index < -0.39 is 5.60 Å². The highest BCUT2D eigenvalue weighted by molar-refractivity contribution is 7.12. The van der Waals surface area contributed by atoms with Crippen molar-refractivity contribution in [1.29, 1.82) is 0 Å². The molecule has 3 heterocycles. The highest BCUT2D eigenvalue weighted by Gasteiger charge is 2.43. The molecule has 5 nitrogen and oxygen atoms in total. The molecule has 0 aromatic carbocycles. The van der Waals surface area contributed by atoms with Crippen LogP contribution in [0.4, 0.5) is 0 Å². The summed E-state index contributed by atoms with van der Waals surface area (Å²) in [6, 6.07) is 3.93. The smallest absolute Gasteiger partial charge is 0.228 e. The van der Waals surface area contributed by atoms with Gasteiger partial charge in [-0.2, -0.15) is 0 Å². The van der Waals surface area contributed by atoms with E-state index in [1.54, 1.807) is 11.3 Å². The zero-order chi connectivity index (χ0) is 16.6. The van der Waals surface area contributed by atoms with Gasteiger partial charge in [0.25, 0.3) is 0 Å². The number of amides is 1. The Morgan fingerprint density at radius 2 is 2.17 bits per heavy atom. The Hall–Kier alpha value is -1.66. The summed E-state index contributed by atoms with van der Waals surface area (Å²) in [5, 5.41) is 13.6. The fourth-order valence-corrected chi connectivity index (χ4v) is 4.81. The maximum atomic E-state index is 12.6. The molecule has 2 fully saturated rings. The van der Waals surface area contributed by atoms with Gasteiger partial charge in [-0.15, -0.1) is 11.3 Å². The van der Waals surface area contributed by atoms with Crippen LogP contribution < -0.4 is 0 Å². The van der Waals surface area contributed by atoms with Crippen molar-refractivity contribution in [3.8, 4) is 5.13 Å². The van der Waals surface area contributed by atoms with E-state index in [4.69, 9.17) is 0 Å². The van der Waals surface area contributed by atoms with Gasteiger partial charge in [-0.05, 0) is 31.4 Å². The fourth-order valence-electron chi connectivity index (χ4n) is 4.02. The molecule has 1 saturated heterocycles. The van der Waals surface area contributed by atoms with Gasteiger partial charge in [0.15, 0.2) is 5.13 Å². The lowest BCUT2D eigenvalue weighted by atomic mass is 9.71. The molecule has 24 heavy (non-hydrogen) atoms. The minimum absolute atomic E-state index is 0.131. The van der Waals surface area contributed by atoms with E-state index in [-0.39, 0.29) is 11.8 Å². The van der Waals surface area contributed by atoms with Crippen molar-refractivity contribution in [1.82, 2.24) is 14.5 Å². The number of thiazole rings is 1. The van der Waals surface area contributed by atoms with Crippen LogP contribution in [0, 0.1) is 5.92 Å². The van der Waals surface area contributed by atoms with E-state index in [1.807, 2.05) is 39.4 Å². The van der Waals surface area contributed by atoms with E-state index in [9.17, 15) is 9.90 Å². The van der Waals surface area contributed by atoms with Gasteiger partial charge in [0.2, 0.25) is 5.91 Å². The van der Waals surface area contributed by atoms with Gasteiger partial charge in [0, 0.05) is 36.8 Å². The topological polar surface area (TPSA) is 58.4 Å². The van der Waals surface area contributed by atoms with Gasteiger partial charge in [-0.3, -0.25) is 4.79 Å². The van der Waals surface area contributed by atoms with Crippen LogP contribution in [0.3, 0.4) is 0 Å². The highest BCUT2D eigenvalue weighted by Crippen LogP contribution is 2.39. The van der Waals surface area contributed by atoms with Crippen LogP contribution in [0.15, 0.2) is 29.9 Å². The third-order valence-corrected chi connectivity index (χ3v) is 6.38. The van der Waals surface area contributed by atoms with Gasteiger partial charge in [0.05, 0.1) is 17.7 Å². The Morgan fingerprint density at radius 1 is 1.33 bits per heavy atom. The highest BCUT2D eigenvalue weighted by atomic mass is 32.1. The number of rotatable bonds is 3. The number of aromatic nitrogens is 2. The SMILES string of the molecule is O=C(Cc1csc(-n2cccc2)n1)N1CC[C@@]2(O)CCCC[C@@H]2C1. The predicted octanol–water partition coefficient (Wildman–Crippen LogP) is 2.63. The van der Waals surface area contributed by atoms with Crippen LogP contribution in [0.1, 0.15) is 37.8 Å². The summed E-state index contributed by atoms with van der Waals surface area (Å²) in [5.41, 5.74) is 0.301. The third-order valence-electron chi connectivity index (χ3n) is 5.48. The zero-order valence-corrected chi connectivity index (χ0v) is 14.5. The van der Waals surface area contributed by atoms with Crippen LogP contribution in [0.5, 0.6) is 0 Å². The number of likely N-dealkylation sites (tertiary alicyclic amines) is 1. The van der Waals surface area contributed by atoms with Crippen molar-refractivity contribution < 1.29 is 9.90 Å². The van der Waals surface area contributed by atoms with Crippen LogP contribution in [-0.2, 0) is 11.2 Å². The molecule has 2 aromatic rings. The normalized spacial score (nSPS) is 27.0. The number of aliphatic hydroxyl groups is 1. The van der Waals surface area contributed by atoms with E-state index >= 15 is 0 Å². The van der Waals surface area contributed by atoms with E-state index in [0.29, 0.717) is 19.5 Å². The zero-order valence-electron chi connectivity index (χ0n) is 13.7. The molecule has 0 unspecified atom stereocenters. The number of hydrogen-bond acceptors (Lipinski definition) is 4. The number of hydrogen-bond donors (Lipinski definition) is 1. The summed E-state index contributed by atoms with van der Waals surface area (Å²) in [4.78, 5) is 19.1. The largest absolute Gasteiger partial charge is 0.389 e. The number of carbonyl (C=O) groups is 1. The molecule has 1 aliphatic heterocycles. The number of carbonyl (C=O) groups excluding carboxylic acids is 1. The Morgan fingerprint density at radius 3 is 3.00 bits per heavy atom. The van der Waals surface area contributed by atoms with Crippen molar-refractivity contribution in [2.24, 2.45) is 5.92 Å². The second-order valence-corrected chi connectivity index (χ2v) is 7.86. The first-order valence-electron chi connectivity index (χ1n) is 8.72. The van der Waals surface area contributed by atoms with Gasteiger partial charge in [-0.1, -0.05) is 12.8 Å².